The number of aromatic nitrogens is 1. The van der Waals surface area contributed by atoms with Crippen LogP contribution in [0, 0.1) is 12.1 Å². The van der Waals surface area contributed by atoms with Crippen molar-refractivity contribution in [1.82, 2.24) is 4.98 Å². The van der Waals surface area contributed by atoms with Crippen molar-refractivity contribution in [3.05, 3.63) is 47.4 Å². The zero-order valence-electron chi connectivity index (χ0n) is 10.7. The fraction of sp³-hybridized carbons (Fsp3) is 0.214. The van der Waals surface area contributed by atoms with Crippen LogP contribution in [-0.4, -0.2) is 12.0 Å². The molecule has 0 aliphatic carbocycles. The van der Waals surface area contributed by atoms with E-state index in [4.69, 9.17) is 0 Å². The number of aryl methyl sites for hydroxylation is 1. The van der Waals surface area contributed by atoms with E-state index in [-0.39, 0.29) is 5.13 Å². The first-order valence-corrected chi connectivity index (χ1v) is 6.42. The van der Waals surface area contributed by atoms with Crippen LogP contribution in [0.3, 0.4) is 0 Å². The van der Waals surface area contributed by atoms with Crippen molar-refractivity contribution in [2.75, 3.05) is 11.9 Å². The Hall–Kier alpha value is -1.68. The molecule has 0 spiro atoms. The maximum atomic E-state index is 13.0. The molecule has 18 heavy (non-hydrogen) atoms. The van der Waals surface area contributed by atoms with Crippen molar-refractivity contribution in [1.29, 1.82) is 0 Å². The molecule has 0 radical (unpaired) electrons. The maximum Gasteiger partial charge on any atom is 0.176 e. The van der Waals surface area contributed by atoms with Gasteiger partial charge in [0.25, 0.3) is 0 Å². The third-order valence-electron chi connectivity index (χ3n) is 2.80. The zero-order chi connectivity index (χ0) is 13.3. The van der Waals surface area contributed by atoms with Gasteiger partial charge < -0.3 is 4.90 Å². The first kappa shape index (κ1) is 12.8. The highest BCUT2D eigenvalue weighted by Crippen LogP contribution is 2.29. The van der Waals surface area contributed by atoms with Gasteiger partial charge in [0.15, 0.2) is 5.13 Å². The van der Waals surface area contributed by atoms with E-state index in [1.165, 1.54) is 6.07 Å². The van der Waals surface area contributed by atoms with Gasteiger partial charge in [-0.25, -0.2) is 4.98 Å². The molecule has 0 saturated heterocycles. The predicted octanol–water partition coefficient (Wildman–Crippen LogP) is 4.23. The second-order valence-electron chi connectivity index (χ2n) is 4.26. The van der Waals surface area contributed by atoms with Crippen molar-refractivity contribution in [2.24, 2.45) is 0 Å². The standard InChI is InChI=1S/C14H15FN2S/c1-9(2)17(4)14-10(3)7-11(8-16-14)12-5-6-13(15)18-12/h5-8H,1H2,2-4H3. The highest BCUT2D eigenvalue weighted by molar-refractivity contribution is 7.13. The van der Waals surface area contributed by atoms with E-state index in [9.17, 15) is 4.39 Å². The summed E-state index contributed by atoms with van der Waals surface area (Å²) in [5.74, 6) is 0.878. The molecule has 0 atom stereocenters. The topological polar surface area (TPSA) is 16.1 Å². The van der Waals surface area contributed by atoms with Crippen LogP contribution in [0.15, 0.2) is 36.7 Å². The summed E-state index contributed by atoms with van der Waals surface area (Å²) in [6, 6.07) is 5.27. The van der Waals surface area contributed by atoms with Crippen molar-refractivity contribution >= 4 is 17.2 Å². The molecule has 0 amide bonds. The van der Waals surface area contributed by atoms with Gasteiger partial charge in [-0.15, -0.1) is 11.3 Å². The lowest BCUT2D eigenvalue weighted by Crippen LogP contribution is -2.15. The van der Waals surface area contributed by atoms with Crippen LogP contribution in [0.1, 0.15) is 12.5 Å². The van der Waals surface area contributed by atoms with Crippen molar-refractivity contribution in [2.45, 2.75) is 13.8 Å². The average molecular weight is 262 g/mol. The first-order chi connectivity index (χ1) is 8.49. The number of thiophene rings is 1. The Morgan fingerprint density at radius 2 is 2.17 bits per heavy atom. The Kier molecular flexibility index (Phi) is 3.48. The van der Waals surface area contributed by atoms with Crippen LogP contribution in [0.4, 0.5) is 10.2 Å². The van der Waals surface area contributed by atoms with E-state index < -0.39 is 0 Å². The Balaban J connectivity index is 2.39. The highest BCUT2D eigenvalue weighted by Gasteiger charge is 2.09. The Morgan fingerprint density at radius 3 is 2.67 bits per heavy atom. The number of allylic oxidation sites excluding steroid dienone is 1. The molecule has 94 valence electrons. The molecule has 0 saturated carbocycles. The fourth-order valence-corrected chi connectivity index (χ4v) is 2.42. The van der Waals surface area contributed by atoms with Crippen LogP contribution < -0.4 is 4.90 Å². The summed E-state index contributed by atoms with van der Waals surface area (Å²) in [7, 11) is 1.93. The Bertz CT molecular complexity index is 589. The van der Waals surface area contributed by atoms with Crippen molar-refractivity contribution in [3.8, 4) is 10.4 Å². The molecule has 2 rings (SSSR count). The molecule has 0 unspecified atom stereocenters. The first-order valence-electron chi connectivity index (χ1n) is 5.60. The van der Waals surface area contributed by atoms with Crippen LogP contribution in [0.2, 0.25) is 0 Å². The zero-order valence-corrected chi connectivity index (χ0v) is 11.5. The molecular formula is C14H15FN2S. The summed E-state index contributed by atoms with van der Waals surface area (Å²) < 4.78 is 13.0. The van der Waals surface area contributed by atoms with Gasteiger partial charge >= 0.3 is 0 Å². The van der Waals surface area contributed by atoms with Gasteiger partial charge in [0, 0.05) is 29.4 Å². The van der Waals surface area contributed by atoms with Crippen molar-refractivity contribution in [3.63, 3.8) is 0 Å². The third kappa shape index (κ3) is 2.43. The number of pyridine rings is 1. The molecule has 0 bridgehead atoms. The lowest BCUT2D eigenvalue weighted by molar-refractivity contribution is 0.657. The number of anilines is 1. The largest absolute Gasteiger partial charge is 0.334 e. The number of hydrogen-bond donors (Lipinski definition) is 0. The minimum Gasteiger partial charge on any atom is -0.334 e. The number of hydrogen-bond acceptors (Lipinski definition) is 3. The summed E-state index contributed by atoms with van der Waals surface area (Å²) in [6.07, 6.45) is 1.77. The normalized spacial score (nSPS) is 10.4. The molecule has 0 aromatic carbocycles. The number of rotatable bonds is 3. The Morgan fingerprint density at radius 1 is 1.44 bits per heavy atom. The van der Waals surface area contributed by atoms with E-state index in [1.807, 2.05) is 31.9 Å². The molecule has 2 nitrogen and oxygen atoms in total. The van der Waals surface area contributed by atoms with Crippen LogP contribution >= 0.6 is 11.3 Å². The highest BCUT2D eigenvalue weighted by atomic mass is 32.1. The molecule has 0 fully saturated rings. The molecule has 2 aromatic rings. The van der Waals surface area contributed by atoms with Gasteiger partial charge in [-0.05, 0) is 37.6 Å². The summed E-state index contributed by atoms with van der Waals surface area (Å²) in [4.78, 5) is 7.27. The quantitative estimate of drug-likeness (QED) is 0.823. The molecule has 2 heterocycles. The molecule has 0 aliphatic heterocycles. The van der Waals surface area contributed by atoms with Crippen LogP contribution in [0.25, 0.3) is 10.4 Å². The maximum absolute atomic E-state index is 13.0. The number of halogens is 1. The average Bonchev–Trinajstić information content (AvgIpc) is 2.74. The minimum absolute atomic E-state index is 0.175. The van der Waals surface area contributed by atoms with E-state index in [1.54, 1.807) is 12.3 Å². The fourth-order valence-electron chi connectivity index (χ4n) is 1.70. The van der Waals surface area contributed by atoms with Gasteiger partial charge in [-0.3, -0.25) is 0 Å². The van der Waals surface area contributed by atoms with Crippen LogP contribution in [-0.2, 0) is 0 Å². The van der Waals surface area contributed by atoms with Gasteiger partial charge in [-0.2, -0.15) is 4.39 Å². The Labute approximate surface area is 110 Å². The summed E-state index contributed by atoms with van der Waals surface area (Å²) in [5.41, 5.74) is 2.92. The predicted molar refractivity (Wildman–Crippen MR) is 75.5 cm³/mol. The summed E-state index contributed by atoms with van der Waals surface area (Å²) in [5, 5.41) is -0.175. The smallest absolute Gasteiger partial charge is 0.176 e. The molecule has 2 aromatic heterocycles. The van der Waals surface area contributed by atoms with E-state index in [0.717, 1.165) is 38.9 Å². The third-order valence-corrected chi connectivity index (χ3v) is 3.72. The van der Waals surface area contributed by atoms with Gasteiger partial charge in [0.2, 0.25) is 0 Å². The second-order valence-corrected chi connectivity index (χ2v) is 5.30. The molecular weight excluding hydrogens is 247 g/mol. The minimum atomic E-state index is -0.175. The van der Waals surface area contributed by atoms with E-state index >= 15 is 0 Å². The van der Waals surface area contributed by atoms with E-state index in [2.05, 4.69) is 11.6 Å². The van der Waals surface area contributed by atoms with Crippen LogP contribution in [0.5, 0.6) is 0 Å². The molecule has 4 heteroatoms. The van der Waals surface area contributed by atoms with Gasteiger partial charge in [0.05, 0.1) is 0 Å². The number of nitrogens with zero attached hydrogens (tertiary/aromatic N) is 2. The van der Waals surface area contributed by atoms with Crippen molar-refractivity contribution < 1.29 is 4.39 Å². The summed E-state index contributed by atoms with van der Waals surface area (Å²) >= 11 is 1.13. The molecule has 0 aliphatic rings. The second kappa shape index (κ2) is 4.90. The van der Waals surface area contributed by atoms with Gasteiger partial charge in [0.1, 0.15) is 5.82 Å². The SMILES string of the molecule is C=C(C)N(C)c1ncc(-c2ccc(F)s2)cc1C. The lowest BCUT2D eigenvalue weighted by atomic mass is 10.1. The van der Waals surface area contributed by atoms with E-state index in [0.29, 0.717) is 0 Å². The lowest BCUT2D eigenvalue weighted by Gasteiger charge is -2.20. The monoisotopic (exact) mass is 262 g/mol. The molecule has 0 N–H and O–H groups in total. The summed E-state index contributed by atoms with van der Waals surface area (Å²) in [6.45, 7) is 7.82. The van der Waals surface area contributed by atoms with Gasteiger partial charge in [-0.1, -0.05) is 6.58 Å².